The lowest BCUT2D eigenvalue weighted by Crippen LogP contribution is -2.26. The topological polar surface area (TPSA) is 83.7 Å². The summed E-state index contributed by atoms with van der Waals surface area (Å²) in [7, 11) is 0. The third kappa shape index (κ3) is 5.85. The first-order chi connectivity index (χ1) is 11.0. The quantitative estimate of drug-likeness (QED) is 0.424. The van der Waals surface area contributed by atoms with E-state index in [0.29, 0.717) is 23.6 Å². The molecular weight excluding hydrogens is 409 g/mol. The summed E-state index contributed by atoms with van der Waals surface area (Å²) in [4.78, 5) is 23.6. The van der Waals surface area contributed by atoms with Gasteiger partial charge in [-0.25, -0.2) is 5.43 Å². The maximum atomic E-state index is 11.9. The normalized spacial score (nSPS) is 11.1. The molecule has 0 radical (unpaired) electrons. The minimum absolute atomic E-state index is 0.105. The van der Waals surface area contributed by atoms with Crippen molar-refractivity contribution in [2.75, 3.05) is 0 Å². The Hall–Kier alpha value is -2.16. The molecule has 0 aliphatic heterocycles. The van der Waals surface area contributed by atoms with Crippen molar-refractivity contribution >= 4 is 40.1 Å². The Morgan fingerprint density at radius 2 is 1.96 bits per heavy atom. The summed E-state index contributed by atoms with van der Waals surface area (Å²) in [6.45, 7) is 2.01. The zero-order valence-electron chi connectivity index (χ0n) is 12.5. The van der Waals surface area contributed by atoms with Gasteiger partial charge in [0.25, 0.3) is 5.91 Å². The molecule has 0 bridgehead atoms. The number of nitrogens with one attached hydrogen (secondary N) is 2. The molecule has 120 valence electrons. The summed E-state index contributed by atoms with van der Waals surface area (Å²) in [5.74, 6) is 0.183. The second kappa shape index (κ2) is 8.47. The number of amides is 2. The SMILES string of the molecule is CC(CC(=O)NCc1ccco1)=NNC(=O)c1ccc(I)cc1. The van der Waals surface area contributed by atoms with Crippen LogP contribution in [-0.4, -0.2) is 17.5 Å². The Morgan fingerprint density at radius 3 is 2.61 bits per heavy atom. The smallest absolute Gasteiger partial charge is 0.271 e. The van der Waals surface area contributed by atoms with E-state index < -0.39 is 0 Å². The molecule has 6 nitrogen and oxygen atoms in total. The van der Waals surface area contributed by atoms with Gasteiger partial charge in [-0.2, -0.15) is 5.10 Å². The molecule has 23 heavy (non-hydrogen) atoms. The minimum Gasteiger partial charge on any atom is -0.467 e. The number of hydrazone groups is 1. The van der Waals surface area contributed by atoms with Crippen LogP contribution >= 0.6 is 22.6 Å². The molecule has 0 unspecified atom stereocenters. The van der Waals surface area contributed by atoms with Crippen LogP contribution < -0.4 is 10.7 Å². The van der Waals surface area contributed by atoms with Gasteiger partial charge in [0.2, 0.25) is 5.91 Å². The van der Waals surface area contributed by atoms with Crippen LogP contribution in [0.15, 0.2) is 52.2 Å². The molecule has 0 saturated carbocycles. The van der Waals surface area contributed by atoms with Crippen molar-refractivity contribution in [3.63, 3.8) is 0 Å². The molecule has 2 N–H and O–H groups in total. The van der Waals surface area contributed by atoms with Gasteiger partial charge in [0, 0.05) is 14.8 Å². The lowest BCUT2D eigenvalue weighted by Gasteiger charge is -2.04. The summed E-state index contributed by atoms with van der Waals surface area (Å²) in [5, 5.41) is 6.65. The molecule has 1 aromatic heterocycles. The van der Waals surface area contributed by atoms with Crippen molar-refractivity contribution in [3.05, 3.63) is 57.6 Å². The second-order valence-electron chi connectivity index (χ2n) is 4.83. The Morgan fingerprint density at radius 1 is 1.22 bits per heavy atom. The van der Waals surface area contributed by atoms with Crippen molar-refractivity contribution in [1.29, 1.82) is 0 Å². The Labute approximate surface area is 147 Å². The van der Waals surface area contributed by atoms with Crippen LogP contribution in [0.4, 0.5) is 0 Å². The zero-order valence-corrected chi connectivity index (χ0v) is 14.7. The largest absolute Gasteiger partial charge is 0.467 e. The number of carbonyl (C=O) groups is 2. The molecule has 2 amide bonds. The summed E-state index contributed by atoms with van der Waals surface area (Å²) in [6.07, 6.45) is 1.65. The van der Waals surface area contributed by atoms with E-state index in [1.54, 1.807) is 37.5 Å². The van der Waals surface area contributed by atoms with Crippen molar-refractivity contribution in [2.24, 2.45) is 5.10 Å². The van der Waals surface area contributed by atoms with E-state index in [-0.39, 0.29) is 18.2 Å². The third-order valence-electron chi connectivity index (χ3n) is 2.91. The molecule has 2 rings (SSSR count). The fraction of sp³-hybridized carbons (Fsp3) is 0.188. The van der Waals surface area contributed by atoms with E-state index in [4.69, 9.17) is 4.42 Å². The van der Waals surface area contributed by atoms with Crippen LogP contribution in [0.2, 0.25) is 0 Å². The van der Waals surface area contributed by atoms with Gasteiger partial charge in [-0.05, 0) is 65.9 Å². The van der Waals surface area contributed by atoms with Gasteiger partial charge in [0.1, 0.15) is 5.76 Å². The molecule has 1 aromatic carbocycles. The molecule has 1 heterocycles. The highest BCUT2D eigenvalue weighted by molar-refractivity contribution is 14.1. The van der Waals surface area contributed by atoms with Crippen molar-refractivity contribution in [2.45, 2.75) is 19.9 Å². The van der Waals surface area contributed by atoms with Crippen LogP contribution in [0.25, 0.3) is 0 Å². The van der Waals surface area contributed by atoms with E-state index in [9.17, 15) is 9.59 Å². The van der Waals surface area contributed by atoms with E-state index in [2.05, 4.69) is 38.4 Å². The van der Waals surface area contributed by atoms with E-state index in [1.807, 2.05) is 12.1 Å². The molecular formula is C16H16IN3O3. The first kappa shape index (κ1) is 17.2. The van der Waals surface area contributed by atoms with Crippen LogP contribution in [-0.2, 0) is 11.3 Å². The number of furan rings is 1. The first-order valence-electron chi connectivity index (χ1n) is 6.93. The maximum Gasteiger partial charge on any atom is 0.271 e. The fourth-order valence-corrected chi connectivity index (χ4v) is 2.10. The Bertz CT molecular complexity index is 694. The number of benzene rings is 1. The molecule has 0 aliphatic carbocycles. The summed E-state index contributed by atoms with van der Waals surface area (Å²) >= 11 is 2.17. The van der Waals surface area contributed by atoms with Gasteiger partial charge in [0.05, 0.1) is 19.2 Å². The molecule has 0 spiro atoms. The van der Waals surface area contributed by atoms with E-state index >= 15 is 0 Å². The number of hydrogen-bond acceptors (Lipinski definition) is 4. The van der Waals surface area contributed by atoms with Crippen LogP contribution in [0.3, 0.4) is 0 Å². The molecule has 2 aromatic rings. The number of halogens is 1. The number of rotatable bonds is 6. The molecule has 0 atom stereocenters. The predicted octanol–water partition coefficient (Wildman–Crippen LogP) is 2.70. The van der Waals surface area contributed by atoms with Gasteiger partial charge in [-0.3, -0.25) is 9.59 Å². The van der Waals surface area contributed by atoms with Gasteiger partial charge < -0.3 is 9.73 Å². The van der Waals surface area contributed by atoms with Gasteiger partial charge >= 0.3 is 0 Å². The van der Waals surface area contributed by atoms with Crippen molar-refractivity contribution < 1.29 is 14.0 Å². The van der Waals surface area contributed by atoms with E-state index in [1.165, 1.54) is 0 Å². The van der Waals surface area contributed by atoms with Crippen LogP contribution in [0.5, 0.6) is 0 Å². The predicted molar refractivity (Wildman–Crippen MR) is 94.9 cm³/mol. The summed E-state index contributed by atoms with van der Waals surface area (Å²) in [5.41, 5.74) is 3.47. The maximum absolute atomic E-state index is 11.9. The van der Waals surface area contributed by atoms with Crippen molar-refractivity contribution in [1.82, 2.24) is 10.7 Å². The average Bonchev–Trinajstić information content (AvgIpc) is 3.05. The summed E-state index contributed by atoms with van der Waals surface area (Å²) in [6, 6.07) is 10.7. The highest BCUT2D eigenvalue weighted by Crippen LogP contribution is 2.06. The van der Waals surface area contributed by atoms with E-state index in [0.717, 1.165) is 3.57 Å². The van der Waals surface area contributed by atoms with Crippen LogP contribution in [0.1, 0.15) is 29.5 Å². The first-order valence-corrected chi connectivity index (χ1v) is 8.00. The molecule has 0 saturated heterocycles. The zero-order chi connectivity index (χ0) is 16.7. The highest BCUT2D eigenvalue weighted by atomic mass is 127. The number of nitrogens with zero attached hydrogens (tertiary/aromatic N) is 1. The highest BCUT2D eigenvalue weighted by Gasteiger charge is 2.07. The third-order valence-corrected chi connectivity index (χ3v) is 3.63. The number of hydrogen-bond donors (Lipinski definition) is 2. The van der Waals surface area contributed by atoms with Crippen LogP contribution in [0, 0.1) is 3.57 Å². The molecule has 0 aliphatic rings. The monoisotopic (exact) mass is 425 g/mol. The minimum atomic E-state index is -0.309. The fourth-order valence-electron chi connectivity index (χ4n) is 1.75. The average molecular weight is 425 g/mol. The molecule has 7 heteroatoms. The van der Waals surface area contributed by atoms with Gasteiger partial charge in [0.15, 0.2) is 0 Å². The Kier molecular flexibility index (Phi) is 6.33. The van der Waals surface area contributed by atoms with Gasteiger partial charge in [-0.15, -0.1) is 0 Å². The second-order valence-corrected chi connectivity index (χ2v) is 6.07. The lowest BCUT2D eigenvalue weighted by molar-refractivity contribution is -0.120. The standard InChI is InChI=1S/C16H16IN3O3/c1-11(9-15(21)18-10-14-3-2-8-23-14)19-20-16(22)12-4-6-13(17)7-5-12/h2-8H,9-10H2,1H3,(H,18,21)(H,20,22). The Balaban J connectivity index is 1.79. The summed E-state index contributed by atoms with van der Waals surface area (Å²) < 4.78 is 6.17. The number of carbonyl (C=O) groups excluding carboxylic acids is 2. The lowest BCUT2D eigenvalue weighted by atomic mass is 10.2. The van der Waals surface area contributed by atoms with Gasteiger partial charge in [-0.1, -0.05) is 0 Å². The molecule has 0 fully saturated rings. The van der Waals surface area contributed by atoms with Crippen molar-refractivity contribution in [3.8, 4) is 0 Å².